The second-order valence-electron chi connectivity index (χ2n) is 7.92. The van der Waals surface area contributed by atoms with Gasteiger partial charge in [-0.1, -0.05) is 54.6 Å². The molecule has 4 aromatic rings. The van der Waals surface area contributed by atoms with E-state index in [1.807, 2.05) is 24.3 Å². The van der Waals surface area contributed by atoms with Gasteiger partial charge in [0, 0.05) is 7.05 Å². The van der Waals surface area contributed by atoms with Gasteiger partial charge in [0.05, 0.1) is 12.1 Å². The van der Waals surface area contributed by atoms with Gasteiger partial charge in [-0.05, 0) is 35.9 Å². The van der Waals surface area contributed by atoms with Crippen molar-refractivity contribution in [2.24, 2.45) is 7.05 Å². The van der Waals surface area contributed by atoms with Crippen molar-refractivity contribution in [3.8, 4) is 11.5 Å². The number of aromatic nitrogens is 2. The SMILES string of the molecule is Cn1c(=O)c(C(=O)COC(=O)c2cccc(Oc3ccccc3)c2)c(N)n(Cc2ccccc2)c1=O. The van der Waals surface area contributed by atoms with Crippen LogP contribution in [0.5, 0.6) is 11.5 Å². The van der Waals surface area contributed by atoms with Crippen LogP contribution in [0.1, 0.15) is 26.3 Å². The lowest BCUT2D eigenvalue weighted by atomic mass is 10.1. The molecule has 0 unspecified atom stereocenters. The second-order valence-corrected chi connectivity index (χ2v) is 7.92. The van der Waals surface area contributed by atoms with E-state index in [0.29, 0.717) is 11.5 Å². The number of para-hydroxylation sites is 1. The summed E-state index contributed by atoms with van der Waals surface area (Å²) >= 11 is 0. The number of nitrogens with two attached hydrogens (primary N) is 1. The molecule has 1 aromatic heterocycles. The summed E-state index contributed by atoms with van der Waals surface area (Å²) in [4.78, 5) is 50.8. The molecular weight excluding hydrogens is 462 g/mol. The summed E-state index contributed by atoms with van der Waals surface area (Å²) in [6, 6.07) is 24.3. The van der Waals surface area contributed by atoms with Gasteiger partial charge in [-0.15, -0.1) is 0 Å². The lowest BCUT2D eigenvalue weighted by Crippen LogP contribution is -2.43. The predicted octanol–water partition coefficient (Wildman–Crippen LogP) is 3.01. The van der Waals surface area contributed by atoms with E-state index < -0.39 is 35.2 Å². The summed E-state index contributed by atoms with van der Waals surface area (Å²) in [7, 11) is 1.26. The number of esters is 1. The summed E-state index contributed by atoms with van der Waals surface area (Å²) in [5.41, 5.74) is 5.06. The number of ketones is 1. The molecule has 4 rings (SSSR count). The van der Waals surface area contributed by atoms with E-state index in [0.717, 1.165) is 14.7 Å². The normalized spacial score (nSPS) is 10.6. The molecule has 9 heteroatoms. The number of anilines is 1. The Morgan fingerprint density at radius 1 is 0.861 bits per heavy atom. The zero-order valence-electron chi connectivity index (χ0n) is 19.4. The van der Waals surface area contributed by atoms with Crippen molar-refractivity contribution in [2.75, 3.05) is 12.3 Å². The van der Waals surface area contributed by atoms with Crippen LogP contribution in [0, 0.1) is 0 Å². The molecule has 2 N–H and O–H groups in total. The molecule has 182 valence electrons. The Hall–Kier alpha value is -4.92. The van der Waals surface area contributed by atoms with Gasteiger partial charge in [-0.25, -0.2) is 9.59 Å². The maximum Gasteiger partial charge on any atom is 0.338 e. The monoisotopic (exact) mass is 485 g/mol. The fourth-order valence-corrected chi connectivity index (χ4v) is 3.56. The number of hydrogen-bond donors (Lipinski definition) is 1. The van der Waals surface area contributed by atoms with Crippen LogP contribution in [-0.4, -0.2) is 27.5 Å². The highest BCUT2D eigenvalue weighted by Gasteiger charge is 2.23. The number of ether oxygens (including phenoxy) is 2. The van der Waals surface area contributed by atoms with Crippen molar-refractivity contribution < 1.29 is 19.1 Å². The molecule has 36 heavy (non-hydrogen) atoms. The number of hydrogen-bond acceptors (Lipinski definition) is 7. The van der Waals surface area contributed by atoms with Gasteiger partial charge in [-0.3, -0.25) is 18.7 Å². The number of nitrogens with zero attached hydrogens (tertiary/aromatic N) is 2. The Labute approximate surface area is 205 Å². The Balaban J connectivity index is 1.52. The Morgan fingerprint density at radius 2 is 1.50 bits per heavy atom. The minimum absolute atomic E-state index is 0.0634. The number of carbonyl (C=O) groups is 2. The van der Waals surface area contributed by atoms with Crippen LogP contribution >= 0.6 is 0 Å². The molecule has 0 radical (unpaired) electrons. The molecule has 0 bridgehead atoms. The van der Waals surface area contributed by atoms with Crippen molar-refractivity contribution in [1.82, 2.24) is 9.13 Å². The molecule has 0 aliphatic heterocycles. The number of benzene rings is 3. The van der Waals surface area contributed by atoms with Crippen molar-refractivity contribution in [3.05, 3.63) is 122 Å². The first-order valence-electron chi connectivity index (χ1n) is 11.0. The van der Waals surface area contributed by atoms with Crippen LogP contribution in [0.4, 0.5) is 5.82 Å². The Kier molecular flexibility index (Phi) is 7.10. The smallest absolute Gasteiger partial charge is 0.338 e. The van der Waals surface area contributed by atoms with E-state index in [4.69, 9.17) is 15.2 Å². The summed E-state index contributed by atoms with van der Waals surface area (Å²) in [6.45, 7) is -0.667. The number of carbonyl (C=O) groups excluding carboxylic acids is 2. The van der Waals surface area contributed by atoms with Crippen LogP contribution in [0.15, 0.2) is 94.5 Å². The summed E-state index contributed by atoms with van der Waals surface area (Å²) in [5.74, 6) is -0.885. The second kappa shape index (κ2) is 10.6. The highest BCUT2D eigenvalue weighted by molar-refractivity contribution is 6.02. The third kappa shape index (κ3) is 5.25. The van der Waals surface area contributed by atoms with E-state index in [-0.39, 0.29) is 17.9 Å². The van der Waals surface area contributed by atoms with Crippen molar-refractivity contribution in [1.29, 1.82) is 0 Å². The zero-order chi connectivity index (χ0) is 25.7. The van der Waals surface area contributed by atoms with Gasteiger partial charge in [0.25, 0.3) is 5.56 Å². The lowest BCUT2D eigenvalue weighted by molar-refractivity contribution is 0.0474. The first-order valence-corrected chi connectivity index (χ1v) is 11.0. The van der Waals surface area contributed by atoms with Crippen molar-refractivity contribution in [3.63, 3.8) is 0 Å². The summed E-state index contributed by atoms with van der Waals surface area (Å²) < 4.78 is 12.8. The third-order valence-electron chi connectivity index (χ3n) is 5.43. The predicted molar refractivity (Wildman–Crippen MR) is 133 cm³/mol. The van der Waals surface area contributed by atoms with E-state index in [9.17, 15) is 19.2 Å². The molecule has 0 aliphatic carbocycles. The van der Waals surface area contributed by atoms with Gasteiger partial charge < -0.3 is 15.2 Å². The molecule has 3 aromatic carbocycles. The van der Waals surface area contributed by atoms with Crippen molar-refractivity contribution in [2.45, 2.75) is 6.54 Å². The fraction of sp³-hybridized carbons (Fsp3) is 0.111. The average molecular weight is 485 g/mol. The molecule has 9 nitrogen and oxygen atoms in total. The lowest BCUT2D eigenvalue weighted by Gasteiger charge is -2.15. The first-order chi connectivity index (χ1) is 17.3. The Bertz CT molecular complexity index is 1530. The van der Waals surface area contributed by atoms with Gasteiger partial charge in [0.1, 0.15) is 22.9 Å². The maximum absolute atomic E-state index is 12.9. The molecule has 0 spiro atoms. The summed E-state index contributed by atoms with van der Waals surface area (Å²) in [5, 5.41) is 0. The summed E-state index contributed by atoms with van der Waals surface area (Å²) in [6.07, 6.45) is 0. The molecule has 0 aliphatic rings. The third-order valence-corrected chi connectivity index (χ3v) is 5.43. The maximum atomic E-state index is 12.9. The van der Waals surface area contributed by atoms with E-state index in [2.05, 4.69) is 0 Å². The van der Waals surface area contributed by atoms with Crippen LogP contribution in [0.3, 0.4) is 0 Å². The largest absolute Gasteiger partial charge is 0.457 e. The quantitative estimate of drug-likeness (QED) is 0.301. The number of nitrogen functional groups attached to an aromatic ring is 1. The number of Topliss-reactive ketones (excluding diaryl/α,β-unsaturated/α-hetero) is 1. The van der Waals surface area contributed by atoms with Gasteiger partial charge >= 0.3 is 11.7 Å². The fourth-order valence-electron chi connectivity index (χ4n) is 3.56. The van der Waals surface area contributed by atoms with Gasteiger partial charge in [0.2, 0.25) is 5.78 Å². The minimum Gasteiger partial charge on any atom is -0.457 e. The molecular formula is C27H23N3O6. The van der Waals surface area contributed by atoms with Gasteiger partial charge in [-0.2, -0.15) is 0 Å². The highest BCUT2D eigenvalue weighted by Crippen LogP contribution is 2.22. The van der Waals surface area contributed by atoms with Crippen LogP contribution in [0.25, 0.3) is 0 Å². The van der Waals surface area contributed by atoms with E-state index in [1.54, 1.807) is 48.5 Å². The van der Waals surface area contributed by atoms with Crippen LogP contribution in [-0.2, 0) is 18.3 Å². The topological polar surface area (TPSA) is 123 Å². The standard InChI is InChI=1S/C27H23N3O6/c1-29-25(32)23(24(28)30(27(29)34)16-18-9-4-2-5-10-18)22(31)17-35-26(33)19-11-8-14-21(15-19)36-20-12-6-3-7-13-20/h2-15H,16-17,28H2,1H3. The highest BCUT2D eigenvalue weighted by atomic mass is 16.5. The molecule has 1 heterocycles. The molecule has 0 atom stereocenters. The number of rotatable bonds is 8. The zero-order valence-corrected chi connectivity index (χ0v) is 19.4. The first kappa shape index (κ1) is 24.2. The van der Waals surface area contributed by atoms with E-state index >= 15 is 0 Å². The van der Waals surface area contributed by atoms with Crippen LogP contribution in [0.2, 0.25) is 0 Å². The Morgan fingerprint density at radius 3 is 2.19 bits per heavy atom. The molecule has 0 amide bonds. The van der Waals surface area contributed by atoms with Gasteiger partial charge in [0.15, 0.2) is 6.61 Å². The molecule has 0 fully saturated rings. The van der Waals surface area contributed by atoms with Crippen molar-refractivity contribution >= 4 is 17.6 Å². The molecule has 0 saturated carbocycles. The average Bonchev–Trinajstić information content (AvgIpc) is 2.90. The van der Waals surface area contributed by atoms with Crippen LogP contribution < -0.4 is 21.7 Å². The molecule has 0 saturated heterocycles. The van der Waals surface area contributed by atoms with E-state index in [1.165, 1.54) is 19.2 Å². The minimum atomic E-state index is -0.860.